The van der Waals surface area contributed by atoms with E-state index in [-0.39, 0.29) is 25.7 Å². The van der Waals surface area contributed by atoms with Crippen molar-refractivity contribution in [2.45, 2.75) is 380 Å². The Morgan fingerprint density at radius 1 is 0.293 bits per heavy atom. The highest BCUT2D eigenvalue weighted by molar-refractivity contribution is 7.47. The van der Waals surface area contributed by atoms with Crippen LogP contribution in [0.15, 0.2) is 24.3 Å². The van der Waals surface area contributed by atoms with Gasteiger partial charge in [0, 0.05) is 25.7 Å². The maximum absolute atomic E-state index is 13.0. The first-order valence-electron chi connectivity index (χ1n) is 37.6. The zero-order valence-corrected chi connectivity index (χ0v) is 60.8. The van der Waals surface area contributed by atoms with E-state index in [1.54, 1.807) is 0 Å². The number of phosphoric acid groups is 2. The molecule has 0 aliphatic heterocycles. The van der Waals surface area contributed by atoms with Crippen molar-refractivity contribution in [3.05, 3.63) is 24.3 Å². The molecular formula is C73H138O17P2. The van der Waals surface area contributed by atoms with Crippen LogP contribution in [0.25, 0.3) is 0 Å². The minimum atomic E-state index is -4.96. The third kappa shape index (κ3) is 66.2. The third-order valence-electron chi connectivity index (χ3n) is 16.4. The van der Waals surface area contributed by atoms with E-state index in [9.17, 15) is 43.2 Å². The number of unbranched alkanes of at least 4 members (excludes halogenated alkanes) is 42. The molecule has 19 heteroatoms. The van der Waals surface area contributed by atoms with Crippen LogP contribution >= 0.6 is 15.6 Å². The van der Waals surface area contributed by atoms with Gasteiger partial charge in [-0.3, -0.25) is 37.3 Å². The third-order valence-corrected chi connectivity index (χ3v) is 18.3. The molecule has 0 aliphatic rings. The van der Waals surface area contributed by atoms with E-state index in [1.807, 2.05) is 0 Å². The molecule has 0 fully saturated rings. The molecule has 0 rings (SSSR count). The number of phosphoric ester groups is 2. The predicted octanol–water partition coefficient (Wildman–Crippen LogP) is 21.0. The lowest BCUT2D eigenvalue weighted by atomic mass is 10.0. The quantitative estimate of drug-likeness (QED) is 0.0169. The van der Waals surface area contributed by atoms with Gasteiger partial charge in [-0.2, -0.15) is 0 Å². The van der Waals surface area contributed by atoms with E-state index in [4.69, 9.17) is 37.0 Å². The Morgan fingerprint density at radius 3 is 0.761 bits per heavy atom. The molecule has 17 nitrogen and oxygen atoms in total. The Balaban J connectivity index is 5.27. The molecule has 0 spiro atoms. The van der Waals surface area contributed by atoms with Gasteiger partial charge in [-0.05, 0) is 77.0 Å². The first-order valence-corrected chi connectivity index (χ1v) is 40.6. The summed E-state index contributed by atoms with van der Waals surface area (Å²) in [4.78, 5) is 72.6. The van der Waals surface area contributed by atoms with Crippen molar-refractivity contribution < 1.29 is 80.2 Å². The second kappa shape index (κ2) is 67.1. The number of hydrogen-bond donors (Lipinski definition) is 3. The summed E-state index contributed by atoms with van der Waals surface area (Å²) in [7, 11) is -9.91. The molecule has 0 aromatic carbocycles. The van der Waals surface area contributed by atoms with Gasteiger partial charge in [-0.25, -0.2) is 9.13 Å². The summed E-state index contributed by atoms with van der Waals surface area (Å²) in [5.41, 5.74) is 0. The lowest BCUT2D eigenvalue weighted by molar-refractivity contribution is -0.161. The van der Waals surface area contributed by atoms with Crippen LogP contribution in [0.2, 0.25) is 0 Å². The van der Waals surface area contributed by atoms with Gasteiger partial charge in [0.1, 0.15) is 19.3 Å². The second-order valence-corrected chi connectivity index (χ2v) is 28.5. The van der Waals surface area contributed by atoms with Crippen LogP contribution in [-0.2, 0) is 65.4 Å². The number of rotatable bonds is 72. The van der Waals surface area contributed by atoms with Gasteiger partial charge in [0.05, 0.1) is 26.4 Å². The zero-order valence-electron chi connectivity index (χ0n) is 59.0. The summed E-state index contributed by atoms with van der Waals surface area (Å²) >= 11 is 0. The van der Waals surface area contributed by atoms with Crippen molar-refractivity contribution in [2.24, 2.45) is 0 Å². The highest BCUT2D eigenvalue weighted by Crippen LogP contribution is 2.45. The smallest absolute Gasteiger partial charge is 0.462 e. The van der Waals surface area contributed by atoms with Gasteiger partial charge in [0.25, 0.3) is 0 Å². The van der Waals surface area contributed by atoms with E-state index in [0.29, 0.717) is 25.7 Å². The average Bonchev–Trinajstić information content (AvgIpc) is 2.25. The highest BCUT2D eigenvalue weighted by Gasteiger charge is 2.30. The van der Waals surface area contributed by atoms with Crippen LogP contribution in [0.5, 0.6) is 0 Å². The van der Waals surface area contributed by atoms with Crippen LogP contribution in [0, 0.1) is 0 Å². The van der Waals surface area contributed by atoms with Gasteiger partial charge in [-0.15, -0.1) is 0 Å². The number of aliphatic hydroxyl groups excluding tert-OH is 1. The SMILES string of the molecule is CCCCCC/C=C\CCCCCCCC(=O)OCC(COP(=O)(O)OCC(O)COP(=O)(O)OCC(COC(=O)CCCCCCC/C=C\CCCCCCCC)OC(=O)CCCCCCCCCCCCCCC)OC(=O)CCCCCCCCCCCCC. The number of esters is 4. The van der Waals surface area contributed by atoms with E-state index in [1.165, 1.54) is 154 Å². The van der Waals surface area contributed by atoms with Gasteiger partial charge < -0.3 is 33.8 Å². The minimum absolute atomic E-state index is 0.102. The summed E-state index contributed by atoms with van der Waals surface area (Å²) in [5, 5.41) is 10.6. The summed E-state index contributed by atoms with van der Waals surface area (Å²) in [6.07, 6.45) is 58.9. The average molecular weight is 1350 g/mol. The standard InChI is InChI=1S/C73H138O17P2/c1-5-9-13-17-21-25-29-32-33-36-39-42-46-50-54-58-71(76)84-64-69(90-73(78)60-56-52-48-44-40-35-31-27-23-19-15-11-7-3)66-88-92(81,82)86-62-67(74)61-85-91(79,80)87-65-68(89-72(77)59-55-51-47-43-37-28-24-20-16-12-8-4)63-83-70(75)57-53-49-45-41-38-34-30-26-22-18-14-10-6-2/h26,30,32-33,67-69,74H,5-25,27-29,31,34-66H2,1-4H3,(H,79,80)(H,81,82)/b30-26-,33-32-. The minimum Gasteiger partial charge on any atom is -0.462 e. The molecule has 0 aromatic rings. The Labute approximate surface area is 561 Å². The van der Waals surface area contributed by atoms with Crippen molar-refractivity contribution >= 4 is 39.5 Å². The molecule has 5 atom stereocenters. The van der Waals surface area contributed by atoms with Crippen LogP contribution in [-0.4, -0.2) is 96.7 Å². The lowest BCUT2D eigenvalue weighted by Crippen LogP contribution is -2.30. The fourth-order valence-electron chi connectivity index (χ4n) is 10.6. The number of carbonyl (C=O) groups is 4. The molecule has 542 valence electrons. The summed E-state index contributed by atoms with van der Waals surface area (Å²) < 4.78 is 68.4. The maximum Gasteiger partial charge on any atom is 0.472 e. The van der Waals surface area contributed by atoms with Crippen LogP contribution in [0.4, 0.5) is 0 Å². The Morgan fingerprint density at radius 2 is 0.500 bits per heavy atom. The molecule has 0 saturated carbocycles. The van der Waals surface area contributed by atoms with E-state index in [2.05, 4.69) is 52.0 Å². The highest BCUT2D eigenvalue weighted by atomic mass is 31.2. The van der Waals surface area contributed by atoms with Gasteiger partial charge >= 0.3 is 39.5 Å². The molecule has 0 bridgehead atoms. The summed E-state index contributed by atoms with van der Waals surface area (Å²) in [5.74, 6) is -2.15. The van der Waals surface area contributed by atoms with Gasteiger partial charge in [0.15, 0.2) is 12.2 Å². The van der Waals surface area contributed by atoms with Crippen molar-refractivity contribution in [3.8, 4) is 0 Å². The van der Waals surface area contributed by atoms with Gasteiger partial charge in [-0.1, -0.05) is 283 Å². The molecule has 0 aromatic heterocycles. The van der Waals surface area contributed by atoms with Crippen LogP contribution in [0.1, 0.15) is 362 Å². The van der Waals surface area contributed by atoms with Crippen molar-refractivity contribution in [1.82, 2.24) is 0 Å². The Hall–Kier alpha value is -2.46. The second-order valence-electron chi connectivity index (χ2n) is 25.6. The fraction of sp³-hybridized carbons (Fsp3) is 0.890. The largest absolute Gasteiger partial charge is 0.472 e. The first-order chi connectivity index (χ1) is 44.7. The molecule has 0 saturated heterocycles. The maximum atomic E-state index is 13.0. The van der Waals surface area contributed by atoms with Crippen molar-refractivity contribution in [3.63, 3.8) is 0 Å². The summed E-state index contributed by atoms with van der Waals surface area (Å²) in [6, 6.07) is 0. The molecule has 0 heterocycles. The van der Waals surface area contributed by atoms with Crippen LogP contribution in [0.3, 0.4) is 0 Å². The van der Waals surface area contributed by atoms with E-state index < -0.39 is 97.5 Å². The molecule has 0 radical (unpaired) electrons. The Bertz CT molecular complexity index is 1850. The molecule has 92 heavy (non-hydrogen) atoms. The molecule has 5 unspecified atom stereocenters. The number of hydrogen-bond acceptors (Lipinski definition) is 15. The molecular weight excluding hydrogens is 1210 g/mol. The topological polar surface area (TPSA) is 237 Å². The van der Waals surface area contributed by atoms with Gasteiger partial charge in [0.2, 0.25) is 0 Å². The van der Waals surface area contributed by atoms with E-state index >= 15 is 0 Å². The van der Waals surface area contributed by atoms with Crippen molar-refractivity contribution in [2.75, 3.05) is 39.6 Å². The number of carbonyl (C=O) groups excluding carboxylic acids is 4. The Kier molecular flexibility index (Phi) is 65.3. The zero-order chi connectivity index (χ0) is 67.5. The molecule has 0 aliphatic carbocycles. The predicted molar refractivity (Wildman–Crippen MR) is 372 cm³/mol. The molecule has 3 N–H and O–H groups in total. The van der Waals surface area contributed by atoms with Crippen LogP contribution < -0.4 is 0 Å². The summed E-state index contributed by atoms with van der Waals surface area (Å²) in [6.45, 7) is 4.90. The number of allylic oxidation sites excluding steroid dienone is 4. The fourth-order valence-corrected chi connectivity index (χ4v) is 12.2. The number of ether oxygens (including phenoxy) is 4. The normalized spacial score (nSPS) is 14.1. The number of aliphatic hydroxyl groups is 1. The van der Waals surface area contributed by atoms with Crippen molar-refractivity contribution in [1.29, 1.82) is 0 Å². The first kappa shape index (κ1) is 89.5. The lowest BCUT2D eigenvalue weighted by Gasteiger charge is -2.21. The van der Waals surface area contributed by atoms with E-state index in [0.717, 1.165) is 128 Å². The molecule has 0 amide bonds. The monoisotopic (exact) mass is 1350 g/mol.